The fraction of sp³-hybridized carbons (Fsp3) is 0.947. The smallest absolute Gasteiger partial charge is 0.226 e. The second-order valence-corrected chi connectivity index (χ2v) is 8.71. The van der Waals surface area contributed by atoms with Crippen molar-refractivity contribution >= 4 is 5.91 Å². The Morgan fingerprint density at radius 2 is 1.24 bits per heavy atom. The zero-order valence-corrected chi connectivity index (χ0v) is 13.4. The van der Waals surface area contributed by atoms with Crippen molar-refractivity contribution in [3.05, 3.63) is 0 Å². The van der Waals surface area contributed by atoms with Crippen LogP contribution in [0, 0.1) is 23.2 Å². The summed E-state index contributed by atoms with van der Waals surface area (Å²) in [5.74, 6) is 3.07. The Hall–Kier alpha value is -0.530. The van der Waals surface area contributed by atoms with Crippen LogP contribution >= 0.6 is 0 Å². The van der Waals surface area contributed by atoms with Gasteiger partial charge < -0.3 is 5.32 Å². The van der Waals surface area contributed by atoms with Crippen molar-refractivity contribution in [3.8, 4) is 0 Å². The van der Waals surface area contributed by atoms with Crippen molar-refractivity contribution < 1.29 is 4.79 Å². The molecule has 5 aliphatic carbocycles. The summed E-state index contributed by atoms with van der Waals surface area (Å²) in [4.78, 5) is 13.1. The largest absolute Gasteiger partial charge is 0.353 e. The lowest BCUT2D eigenvalue weighted by Crippen LogP contribution is -2.55. The second-order valence-electron chi connectivity index (χ2n) is 8.71. The third-order valence-corrected chi connectivity index (χ3v) is 6.96. The summed E-state index contributed by atoms with van der Waals surface area (Å²) in [5.41, 5.74) is 0.0527. The van der Waals surface area contributed by atoms with Crippen molar-refractivity contribution in [2.24, 2.45) is 23.2 Å². The first-order valence-electron chi connectivity index (χ1n) is 9.54. The molecule has 0 aliphatic heterocycles. The first-order chi connectivity index (χ1) is 10.2. The van der Waals surface area contributed by atoms with Gasteiger partial charge in [-0.15, -0.1) is 0 Å². The molecule has 0 heterocycles. The van der Waals surface area contributed by atoms with Crippen LogP contribution in [-0.2, 0) is 4.79 Å². The highest BCUT2D eigenvalue weighted by Gasteiger charge is 2.54. The number of nitrogens with one attached hydrogen (secondary N) is 1. The molecule has 0 radical (unpaired) electrons. The average Bonchev–Trinajstić information content (AvgIpc) is 2.40. The fourth-order valence-electron chi connectivity index (χ4n) is 6.33. The molecule has 0 aromatic heterocycles. The van der Waals surface area contributed by atoms with E-state index in [-0.39, 0.29) is 5.41 Å². The summed E-state index contributed by atoms with van der Waals surface area (Å²) < 4.78 is 0. The Kier molecular flexibility index (Phi) is 3.75. The highest BCUT2D eigenvalue weighted by molar-refractivity contribution is 5.83. The maximum absolute atomic E-state index is 13.1. The van der Waals surface area contributed by atoms with Crippen molar-refractivity contribution in [1.82, 2.24) is 5.32 Å². The van der Waals surface area contributed by atoms with E-state index in [1.807, 2.05) is 0 Å². The minimum atomic E-state index is 0.0527. The highest BCUT2D eigenvalue weighted by Crippen LogP contribution is 2.60. The maximum Gasteiger partial charge on any atom is 0.226 e. The van der Waals surface area contributed by atoms with Crippen LogP contribution in [-0.4, -0.2) is 11.9 Å². The van der Waals surface area contributed by atoms with E-state index in [4.69, 9.17) is 0 Å². The van der Waals surface area contributed by atoms with E-state index < -0.39 is 0 Å². The molecule has 2 heteroatoms. The number of hydrogen-bond donors (Lipinski definition) is 1. The Labute approximate surface area is 129 Å². The van der Waals surface area contributed by atoms with Crippen molar-refractivity contribution in [1.29, 1.82) is 0 Å². The quantitative estimate of drug-likeness (QED) is 0.800. The normalized spacial score (nSPS) is 43.3. The molecule has 0 saturated heterocycles. The predicted molar refractivity (Wildman–Crippen MR) is 84.9 cm³/mol. The van der Waals surface area contributed by atoms with Gasteiger partial charge >= 0.3 is 0 Å². The van der Waals surface area contributed by atoms with Gasteiger partial charge in [-0.05, 0) is 69.1 Å². The Bertz CT molecular complexity index is 359. The molecule has 2 nitrogen and oxygen atoms in total. The lowest BCUT2D eigenvalue weighted by Gasteiger charge is -2.55. The highest BCUT2D eigenvalue weighted by atomic mass is 16.2. The van der Waals surface area contributed by atoms with Gasteiger partial charge in [0, 0.05) is 11.5 Å². The van der Waals surface area contributed by atoms with Crippen LogP contribution in [0.25, 0.3) is 0 Å². The van der Waals surface area contributed by atoms with E-state index >= 15 is 0 Å². The van der Waals surface area contributed by atoms with E-state index in [0.717, 1.165) is 17.8 Å². The molecule has 21 heavy (non-hydrogen) atoms. The van der Waals surface area contributed by atoms with Crippen LogP contribution in [0.1, 0.15) is 83.5 Å². The zero-order chi connectivity index (χ0) is 14.3. The molecule has 5 aliphatic rings. The van der Waals surface area contributed by atoms with Crippen molar-refractivity contribution in [2.45, 2.75) is 89.5 Å². The van der Waals surface area contributed by atoms with Crippen LogP contribution in [0.2, 0.25) is 0 Å². The SMILES string of the molecule is O=C(NC1CCCCCCC1)C12CC3CC(CC(C3)C1)C2. The summed E-state index contributed by atoms with van der Waals surface area (Å²) >= 11 is 0. The molecule has 0 aromatic carbocycles. The van der Waals surface area contributed by atoms with Gasteiger partial charge in [-0.3, -0.25) is 4.79 Å². The van der Waals surface area contributed by atoms with Crippen LogP contribution in [0.5, 0.6) is 0 Å². The fourth-order valence-corrected chi connectivity index (χ4v) is 6.33. The summed E-state index contributed by atoms with van der Waals surface area (Å²) in [7, 11) is 0. The molecule has 1 N–H and O–H groups in total. The van der Waals surface area contributed by atoms with Crippen LogP contribution in [0.3, 0.4) is 0 Å². The van der Waals surface area contributed by atoms with E-state index in [2.05, 4.69) is 5.32 Å². The molecular formula is C19H31NO. The summed E-state index contributed by atoms with van der Waals surface area (Å²) in [6.07, 6.45) is 17.1. The Morgan fingerprint density at radius 1 is 0.762 bits per heavy atom. The molecule has 0 aromatic rings. The number of amides is 1. The number of carbonyl (C=O) groups excluding carboxylic acids is 1. The summed E-state index contributed by atoms with van der Waals surface area (Å²) in [5, 5.41) is 3.50. The van der Waals surface area contributed by atoms with E-state index in [1.165, 1.54) is 83.5 Å². The van der Waals surface area contributed by atoms with E-state index in [1.54, 1.807) is 0 Å². The average molecular weight is 289 g/mol. The molecule has 1 amide bonds. The van der Waals surface area contributed by atoms with Crippen molar-refractivity contribution in [2.75, 3.05) is 0 Å². The number of carbonyl (C=O) groups is 1. The maximum atomic E-state index is 13.1. The molecule has 5 rings (SSSR count). The van der Waals surface area contributed by atoms with E-state index in [0.29, 0.717) is 11.9 Å². The molecule has 118 valence electrons. The molecular weight excluding hydrogens is 258 g/mol. The van der Waals surface area contributed by atoms with Crippen LogP contribution in [0.4, 0.5) is 0 Å². The van der Waals surface area contributed by atoms with Gasteiger partial charge in [-0.1, -0.05) is 32.1 Å². The van der Waals surface area contributed by atoms with Gasteiger partial charge in [-0.25, -0.2) is 0 Å². The summed E-state index contributed by atoms with van der Waals surface area (Å²) in [6, 6.07) is 0.478. The van der Waals surface area contributed by atoms with E-state index in [9.17, 15) is 4.79 Å². The van der Waals surface area contributed by atoms with Gasteiger partial charge in [0.2, 0.25) is 5.91 Å². The second kappa shape index (κ2) is 5.59. The zero-order valence-electron chi connectivity index (χ0n) is 13.4. The molecule has 5 fully saturated rings. The van der Waals surface area contributed by atoms with Crippen LogP contribution < -0.4 is 5.32 Å². The predicted octanol–water partition coefficient (Wildman–Crippen LogP) is 4.43. The Morgan fingerprint density at radius 3 is 1.76 bits per heavy atom. The van der Waals surface area contributed by atoms with Crippen LogP contribution in [0.15, 0.2) is 0 Å². The van der Waals surface area contributed by atoms with Gasteiger partial charge in [0.15, 0.2) is 0 Å². The molecule has 5 saturated carbocycles. The number of rotatable bonds is 2. The molecule has 0 unspecified atom stereocenters. The third kappa shape index (κ3) is 2.75. The first kappa shape index (κ1) is 14.1. The lowest BCUT2D eigenvalue weighted by molar-refractivity contribution is -0.147. The first-order valence-corrected chi connectivity index (χ1v) is 9.54. The van der Waals surface area contributed by atoms with Gasteiger partial charge in [0.1, 0.15) is 0 Å². The third-order valence-electron chi connectivity index (χ3n) is 6.96. The molecule has 0 atom stereocenters. The van der Waals surface area contributed by atoms with Crippen molar-refractivity contribution in [3.63, 3.8) is 0 Å². The topological polar surface area (TPSA) is 29.1 Å². The standard InChI is InChI=1S/C19H31NO/c21-18(20-17-6-4-2-1-3-5-7-17)19-11-14-8-15(12-19)10-16(9-14)13-19/h14-17H,1-13H2,(H,20,21). The Balaban J connectivity index is 1.42. The van der Waals surface area contributed by atoms with Gasteiger partial charge in [0.05, 0.1) is 0 Å². The minimum Gasteiger partial charge on any atom is -0.353 e. The monoisotopic (exact) mass is 289 g/mol. The minimum absolute atomic E-state index is 0.0527. The summed E-state index contributed by atoms with van der Waals surface area (Å²) in [6.45, 7) is 0. The number of hydrogen-bond acceptors (Lipinski definition) is 1. The van der Waals surface area contributed by atoms with Gasteiger partial charge in [-0.2, -0.15) is 0 Å². The van der Waals surface area contributed by atoms with Gasteiger partial charge in [0.25, 0.3) is 0 Å². The molecule has 4 bridgehead atoms. The molecule has 0 spiro atoms. The lowest BCUT2D eigenvalue weighted by atomic mass is 9.49.